The van der Waals surface area contributed by atoms with Gasteiger partial charge in [0.15, 0.2) is 0 Å². The van der Waals surface area contributed by atoms with Crippen molar-refractivity contribution in [1.29, 1.82) is 0 Å². The van der Waals surface area contributed by atoms with E-state index in [1.165, 1.54) is 0 Å². The van der Waals surface area contributed by atoms with Crippen LogP contribution in [-0.2, 0) is 4.74 Å². The predicted molar refractivity (Wildman–Crippen MR) is 49.8 cm³/mol. The van der Waals surface area contributed by atoms with Crippen LogP contribution in [0.1, 0.15) is 26.7 Å². The number of hydrogen-bond donors (Lipinski definition) is 1. The molecule has 0 aromatic rings. The van der Waals surface area contributed by atoms with Gasteiger partial charge in [0.05, 0.1) is 12.2 Å². The molecular formula is C10H15F5O2. The third-order valence-corrected chi connectivity index (χ3v) is 3.12. The van der Waals surface area contributed by atoms with E-state index in [1.54, 1.807) is 13.8 Å². The number of alkyl halides is 5. The summed E-state index contributed by atoms with van der Waals surface area (Å²) < 4.78 is 65.3. The van der Waals surface area contributed by atoms with Gasteiger partial charge >= 0.3 is 12.1 Å². The molecule has 7 heteroatoms. The number of ether oxygens (including phenoxy) is 1. The molecule has 1 rings (SSSR count). The molecule has 1 saturated carbocycles. The Morgan fingerprint density at radius 3 is 2.12 bits per heavy atom. The summed E-state index contributed by atoms with van der Waals surface area (Å²) in [5.41, 5.74) is -0.516. The van der Waals surface area contributed by atoms with E-state index >= 15 is 0 Å². The number of aliphatic hydroxyl groups is 1. The lowest BCUT2D eigenvalue weighted by Crippen LogP contribution is -2.43. The Morgan fingerprint density at radius 1 is 1.24 bits per heavy atom. The first-order chi connectivity index (χ1) is 7.47. The van der Waals surface area contributed by atoms with Crippen LogP contribution in [0, 0.1) is 5.41 Å². The van der Waals surface area contributed by atoms with E-state index in [9.17, 15) is 27.1 Å². The molecular weight excluding hydrogens is 247 g/mol. The Hall–Kier alpha value is -0.430. The maximum absolute atomic E-state index is 12.6. The highest BCUT2D eigenvalue weighted by molar-refractivity contribution is 4.92. The van der Waals surface area contributed by atoms with Crippen molar-refractivity contribution in [3.05, 3.63) is 0 Å². The van der Waals surface area contributed by atoms with Gasteiger partial charge < -0.3 is 9.84 Å². The van der Waals surface area contributed by atoms with E-state index in [2.05, 4.69) is 4.74 Å². The van der Waals surface area contributed by atoms with Crippen molar-refractivity contribution in [3.63, 3.8) is 0 Å². The number of aliphatic hydroxyl groups excluding tert-OH is 1. The molecule has 1 aliphatic rings. The fourth-order valence-electron chi connectivity index (χ4n) is 1.79. The fourth-order valence-corrected chi connectivity index (χ4v) is 1.79. The lowest BCUT2D eigenvalue weighted by atomic mass is 9.89. The van der Waals surface area contributed by atoms with E-state index in [4.69, 9.17) is 0 Å². The molecule has 0 amide bonds. The van der Waals surface area contributed by atoms with Crippen LogP contribution in [0.25, 0.3) is 0 Å². The second-order valence-electron chi connectivity index (χ2n) is 5.02. The molecule has 1 fully saturated rings. The highest BCUT2D eigenvalue weighted by Gasteiger charge is 2.58. The van der Waals surface area contributed by atoms with Crippen LogP contribution in [0.4, 0.5) is 22.0 Å². The van der Waals surface area contributed by atoms with Gasteiger partial charge in [-0.05, 0) is 18.3 Å². The molecule has 0 aromatic carbocycles. The van der Waals surface area contributed by atoms with Gasteiger partial charge in [-0.15, -0.1) is 0 Å². The SMILES string of the molecule is CC1(C)CCC(OCC(F)(F)C(F)(F)F)C1O. The van der Waals surface area contributed by atoms with Crippen LogP contribution >= 0.6 is 0 Å². The lowest BCUT2D eigenvalue weighted by molar-refractivity contribution is -0.301. The predicted octanol–water partition coefficient (Wildman–Crippen LogP) is 2.75. The molecule has 1 aliphatic carbocycles. The average molecular weight is 262 g/mol. The van der Waals surface area contributed by atoms with Crippen molar-refractivity contribution in [3.8, 4) is 0 Å². The molecule has 2 unspecified atom stereocenters. The Balaban J connectivity index is 2.53. The minimum atomic E-state index is -5.62. The quantitative estimate of drug-likeness (QED) is 0.792. The normalized spacial score (nSPS) is 29.6. The average Bonchev–Trinajstić information content (AvgIpc) is 2.38. The molecule has 0 spiro atoms. The summed E-state index contributed by atoms with van der Waals surface area (Å²) in [6.45, 7) is 1.68. The van der Waals surface area contributed by atoms with E-state index in [0.29, 0.717) is 6.42 Å². The molecule has 0 bridgehead atoms. The minimum Gasteiger partial charge on any atom is -0.390 e. The molecule has 102 valence electrons. The molecule has 2 nitrogen and oxygen atoms in total. The smallest absolute Gasteiger partial charge is 0.390 e. The standard InChI is InChI=1S/C10H15F5O2/c1-8(2)4-3-6(7(8)16)17-5-9(11,12)10(13,14)15/h6-7,16H,3-5H2,1-2H3. The molecule has 0 radical (unpaired) electrons. The Morgan fingerprint density at radius 2 is 1.76 bits per heavy atom. The summed E-state index contributed by atoms with van der Waals surface area (Å²) in [6.07, 6.45) is -6.80. The molecule has 2 atom stereocenters. The van der Waals surface area contributed by atoms with Crippen molar-refractivity contribution >= 4 is 0 Å². The van der Waals surface area contributed by atoms with Crippen molar-refractivity contribution < 1.29 is 31.8 Å². The first-order valence-electron chi connectivity index (χ1n) is 5.21. The highest BCUT2D eigenvalue weighted by Crippen LogP contribution is 2.41. The van der Waals surface area contributed by atoms with Crippen molar-refractivity contribution in [2.75, 3.05) is 6.61 Å². The van der Waals surface area contributed by atoms with Gasteiger partial charge in [-0.25, -0.2) is 0 Å². The molecule has 17 heavy (non-hydrogen) atoms. The molecule has 0 heterocycles. The summed E-state index contributed by atoms with van der Waals surface area (Å²) >= 11 is 0. The maximum Gasteiger partial charge on any atom is 0.455 e. The van der Waals surface area contributed by atoms with Crippen molar-refractivity contribution in [2.45, 2.75) is 51.0 Å². The van der Waals surface area contributed by atoms with Gasteiger partial charge in [-0.3, -0.25) is 0 Å². The van der Waals surface area contributed by atoms with Crippen LogP contribution in [0.5, 0.6) is 0 Å². The molecule has 1 N–H and O–H groups in total. The van der Waals surface area contributed by atoms with Gasteiger partial charge in [0.25, 0.3) is 0 Å². The third kappa shape index (κ3) is 3.07. The molecule has 0 saturated heterocycles. The zero-order chi connectivity index (χ0) is 13.5. The van der Waals surface area contributed by atoms with Gasteiger partial charge in [-0.2, -0.15) is 22.0 Å². The Bertz CT molecular complexity index is 274. The second-order valence-corrected chi connectivity index (χ2v) is 5.02. The zero-order valence-corrected chi connectivity index (χ0v) is 9.52. The first kappa shape index (κ1) is 14.6. The van der Waals surface area contributed by atoms with Crippen molar-refractivity contribution in [1.82, 2.24) is 0 Å². The summed E-state index contributed by atoms with van der Waals surface area (Å²) in [5, 5.41) is 9.67. The molecule has 0 aromatic heterocycles. The number of hydrogen-bond acceptors (Lipinski definition) is 2. The van der Waals surface area contributed by atoms with E-state index in [1.807, 2.05) is 0 Å². The topological polar surface area (TPSA) is 29.5 Å². The summed E-state index contributed by atoms with van der Waals surface area (Å²) in [6, 6.07) is 0. The van der Waals surface area contributed by atoms with Crippen molar-refractivity contribution in [2.24, 2.45) is 5.41 Å². The second kappa shape index (κ2) is 4.35. The van der Waals surface area contributed by atoms with E-state index in [0.717, 1.165) is 0 Å². The van der Waals surface area contributed by atoms with Gasteiger partial charge in [0.1, 0.15) is 6.61 Å². The number of rotatable bonds is 3. The van der Waals surface area contributed by atoms with Gasteiger partial charge in [0, 0.05) is 0 Å². The molecule has 0 aliphatic heterocycles. The summed E-state index contributed by atoms with van der Waals surface area (Å²) in [5.74, 6) is -4.88. The first-order valence-corrected chi connectivity index (χ1v) is 5.21. The third-order valence-electron chi connectivity index (χ3n) is 3.12. The Labute approximate surface area is 95.8 Å². The maximum atomic E-state index is 12.6. The fraction of sp³-hybridized carbons (Fsp3) is 1.00. The zero-order valence-electron chi connectivity index (χ0n) is 9.52. The van der Waals surface area contributed by atoms with E-state index < -0.39 is 36.3 Å². The van der Waals surface area contributed by atoms with Crippen LogP contribution in [0.15, 0.2) is 0 Å². The summed E-state index contributed by atoms with van der Waals surface area (Å²) in [4.78, 5) is 0. The minimum absolute atomic E-state index is 0.280. The van der Waals surface area contributed by atoms with Gasteiger partial charge in [0.2, 0.25) is 0 Å². The van der Waals surface area contributed by atoms with Crippen LogP contribution in [0.3, 0.4) is 0 Å². The Kier molecular flexibility index (Phi) is 3.74. The largest absolute Gasteiger partial charge is 0.455 e. The number of halogens is 5. The lowest BCUT2D eigenvalue weighted by Gasteiger charge is -2.27. The highest BCUT2D eigenvalue weighted by atomic mass is 19.4. The van der Waals surface area contributed by atoms with Crippen LogP contribution in [-0.4, -0.2) is 36.0 Å². The monoisotopic (exact) mass is 262 g/mol. The van der Waals surface area contributed by atoms with E-state index in [-0.39, 0.29) is 6.42 Å². The summed E-state index contributed by atoms with van der Waals surface area (Å²) in [7, 11) is 0. The van der Waals surface area contributed by atoms with Crippen LogP contribution in [0.2, 0.25) is 0 Å². The van der Waals surface area contributed by atoms with Gasteiger partial charge in [-0.1, -0.05) is 13.8 Å². The van der Waals surface area contributed by atoms with Crippen LogP contribution < -0.4 is 0 Å².